The highest BCUT2D eigenvalue weighted by Crippen LogP contribution is 2.32. The van der Waals surface area contributed by atoms with Gasteiger partial charge in [-0.15, -0.1) is 0 Å². The maximum absolute atomic E-state index is 6.78. The zero-order valence-electron chi connectivity index (χ0n) is 22.7. The Bertz CT molecular complexity index is 326. The minimum Gasteiger partial charge on any atom is -0.419 e. The quantitative estimate of drug-likeness (QED) is 0.104. The summed E-state index contributed by atoms with van der Waals surface area (Å²) in [5, 5.41) is 0. The second kappa shape index (κ2) is 20.9. The van der Waals surface area contributed by atoms with Gasteiger partial charge >= 0.3 is 0 Å². The second-order valence-corrected chi connectivity index (χ2v) is 12.8. The molecule has 0 spiro atoms. The summed E-state index contributed by atoms with van der Waals surface area (Å²) in [6, 6.07) is 2.70. The van der Waals surface area contributed by atoms with Gasteiger partial charge in [0.05, 0.1) is 11.2 Å². The molecule has 0 aromatic carbocycles. The van der Waals surface area contributed by atoms with Crippen LogP contribution in [0.4, 0.5) is 0 Å². The lowest BCUT2D eigenvalue weighted by molar-refractivity contribution is 0.0384. The summed E-state index contributed by atoms with van der Waals surface area (Å²) < 4.78 is 13.6. The second-order valence-electron chi connectivity index (χ2n) is 10.0. The van der Waals surface area contributed by atoms with Crippen molar-refractivity contribution in [2.24, 2.45) is 0 Å². The third-order valence-electron chi connectivity index (χ3n) is 6.96. The Hall–Kier alpha value is 0.354. The third-order valence-corrected chi connectivity index (χ3v) is 10.2. The number of unbranched alkanes of at least 4 members (excludes halogenated alkanes) is 4. The van der Waals surface area contributed by atoms with E-state index < -0.39 is 19.5 Å². The normalized spacial score (nSPS) is 13.4. The molecular weight excluding hydrogens is 412 g/mol. The minimum atomic E-state index is -0.401. The maximum atomic E-state index is 6.78. The molecule has 0 aliphatic rings. The lowest BCUT2D eigenvalue weighted by Gasteiger charge is -2.35. The smallest absolute Gasteiger partial charge is 0.162 e. The molecule has 0 saturated heterocycles. The molecular formula is C27H60O2Si2. The van der Waals surface area contributed by atoms with Crippen LogP contribution in [0.5, 0.6) is 0 Å². The lowest BCUT2D eigenvalue weighted by atomic mass is 9.87. The van der Waals surface area contributed by atoms with E-state index in [2.05, 4.69) is 41.5 Å². The van der Waals surface area contributed by atoms with E-state index in [1.165, 1.54) is 121 Å². The average molecular weight is 473 g/mol. The fraction of sp³-hybridized carbons (Fsp3) is 1.00. The van der Waals surface area contributed by atoms with E-state index in [4.69, 9.17) is 8.85 Å². The van der Waals surface area contributed by atoms with Crippen molar-refractivity contribution < 1.29 is 8.85 Å². The molecule has 0 N–H and O–H groups in total. The van der Waals surface area contributed by atoms with E-state index in [1.807, 2.05) is 0 Å². The first-order valence-electron chi connectivity index (χ1n) is 14.3. The van der Waals surface area contributed by atoms with Gasteiger partial charge in [-0.05, 0) is 50.6 Å². The number of hydrogen-bond acceptors (Lipinski definition) is 2. The Labute approximate surface area is 202 Å². The van der Waals surface area contributed by atoms with Crippen LogP contribution in [0.15, 0.2) is 0 Å². The Morgan fingerprint density at radius 3 is 1.00 bits per heavy atom. The van der Waals surface area contributed by atoms with Crippen LogP contribution in [0, 0.1) is 0 Å². The first kappa shape index (κ1) is 31.4. The molecule has 31 heavy (non-hydrogen) atoms. The van der Waals surface area contributed by atoms with Gasteiger partial charge in [0.15, 0.2) is 19.5 Å². The van der Waals surface area contributed by atoms with Gasteiger partial charge in [0, 0.05) is 0 Å². The van der Waals surface area contributed by atoms with Gasteiger partial charge in [-0.1, -0.05) is 112 Å². The molecule has 0 aliphatic heterocycles. The first-order chi connectivity index (χ1) is 15.1. The molecule has 0 aromatic heterocycles. The molecule has 0 atom stereocenters. The topological polar surface area (TPSA) is 18.5 Å². The van der Waals surface area contributed by atoms with Gasteiger partial charge in [-0.25, -0.2) is 0 Å². The maximum Gasteiger partial charge on any atom is 0.162 e. The summed E-state index contributed by atoms with van der Waals surface area (Å²) in [5.41, 5.74) is 0.439. The summed E-state index contributed by atoms with van der Waals surface area (Å²) in [4.78, 5) is 0. The van der Waals surface area contributed by atoms with Crippen LogP contribution in [0.2, 0.25) is 12.1 Å². The van der Waals surface area contributed by atoms with Crippen LogP contribution in [-0.2, 0) is 8.85 Å². The molecule has 188 valence electrons. The molecule has 0 aliphatic carbocycles. The molecule has 0 aromatic rings. The molecule has 0 saturated carbocycles. The molecule has 0 amide bonds. The highest BCUT2D eigenvalue weighted by atomic mass is 28.2. The zero-order chi connectivity index (χ0) is 23.3. The molecule has 0 radical (unpaired) electrons. The highest BCUT2D eigenvalue weighted by Gasteiger charge is 2.29. The van der Waals surface area contributed by atoms with E-state index in [9.17, 15) is 0 Å². The molecule has 0 unspecified atom stereocenters. The standard InChI is InChI=1S/C27H60O2Si2/c1-7-13-20-26(18-11-5,21-14-8-2)28-30-24-17-25-31-29-27(19-12-6,22-15-9-3)23-16-10-4/h7-25,30-31H2,1-6H3. The van der Waals surface area contributed by atoms with Crippen LogP contribution in [0.1, 0.15) is 151 Å². The summed E-state index contributed by atoms with van der Waals surface area (Å²) >= 11 is 0. The summed E-state index contributed by atoms with van der Waals surface area (Å²) in [7, 11) is -0.802. The van der Waals surface area contributed by atoms with Crippen molar-refractivity contribution in [1.82, 2.24) is 0 Å². The van der Waals surface area contributed by atoms with Crippen molar-refractivity contribution in [1.29, 1.82) is 0 Å². The Balaban J connectivity index is 4.47. The fourth-order valence-electron chi connectivity index (χ4n) is 5.05. The Morgan fingerprint density at radius 1 is 0.419 bits per heavy atom. The van der Waals surface area contributed by atoms with Gasteiger partial charge in [-0.2, -0.15) is 0 Å². The van der Waals surface area contributed by atoms with Crippen LogP contribution in [-0.4, -0.2) is 30.7 Å². The van der Waals surface area contributed by atoms with Gasteiger partial charge < -0.3 is 8.85 Å². The Morgan fingerprint density at radius 2 is 0.742 bits per heavy atom. The number of hydrogen-bond donors (Lipinski definition) is 0. The van der Waals surface area contributed by atoms with Crippen LogP contribution in [0.3, 0.4) is 0 Å². The predicted molar refractivity (Wildman–Crippen MR) is 147 cm³/mol. The van der Waals surface area contributed by atoms with Crippen LogP contribution in [0.25, 0.3) is 0 Å². The third kappa shape index (κ3) is 15.0. The van der Waals surface area contributed by atoms with Crippen molar-refractivity contribution in [3.63, 3.8) is 0 Å². The zero-order valence-corrected chi connectivity index (χ0v) is 25.5. The van der Waals surface area contributed by atoms with Crippen molar-refractivity contribution in [3.8, 4) is 0 Å². The van der Waals surface area contributed by atoms with Crippen molar-refractivity contribution in [2.75, 3.05) is 0 Å². The fourth-order valence-corrected chi connectivity index (χ4v) is 8.89. The first-order valence-corrected chi connectivity index (χ1v) is 17.5. The molecule has 0 bridgehead atoms. The van der Waals surface area contributed by atoms with E-state index in [0.29, 0.717) is 0 Å². The molecule has 0 rings (SSSR count). The van der Waals surface area contributed by atoms with E-state index in [1.54, 1.807) is 0 Å². The molecule has 4 heteroatoms. The van der Waals surface area contributed by atoms with Crippen molar-refractivity contribution >= 4 is 19.5 Å². The van der Waals surface area contributed by atoms with Crippen LogP contribution < -0.4 is 0 Å². The van der Waals surface area contributed by atoms with Gasteiger partial charge in [0.2, 0.25) is 0 Å². The summed E-state index contributed by atoms with van der Waals surface area (Å²) in [6.45, 7) is 13.9. The average Bonchev–Trinajstić information content (AvgIpc) is 2.78. The van der Waals surface area contributed by atoms with Crippen molar-refractivity contribution in [3.05, 3.63) is 0 Å². The lowest BCUT2D eigenvalue weighted by Crippen LogP contribution is -2.34. The highest BCUT2D eigenvalue weighted by molar-refractivity contribution is 6.29. The summed E-state index contributed by atoms with van der Waals surface area (Å²) in [5.74, 6) is 0. The number of rotatable bonds is 24. The van der Waals surface area contributed by atoms with Crippen LogP contribution >= 0.6 is 0 Å². The molecule has 0 heterocycles. The van der Waals surface area contributed by atoms with E-state index in [0.717, 1.165) is 0 Å². The van der Waals surface area contributed by atoms with Gasteiger partial charge in [0.25, 0.3) is 0 Å². The van der Waals surface area contributed by atoms with Crippen molar-refractivity contribution in [2.45, 2.75) is 174 Å². The largest absolute Gasteiger partial charge is 0.419 e. The Kier molecular flexibility index (Phi) is 21.2. The van der Waals surface area contributed by atoms with Gasteiger partial charge in [0.1, 0.15) is 0 Å². The minimum absolute atomic E-state index is 0.220. The van der Waals surface area contributed by atoms with E-state index in [-0.39, 0.29) is 11.2 Å². The molecule has 2 nitrogen and oxygen atoms in total. The predicted octanol–water partition coefficient (Wildman–Crippen LogP) is 8.25. The molecule has 0 fully saturated rings. The monoisotopic (exact) mass is 472 g/mol. The van der Waals surface area contributed by atoms with E-state index >= 15 is 0 Å². The van der Waals surface area contributed by atoms with Gasteiger partial charge in [-0.3, -0.25) is 0 Å². The summed E-state index contributed by atoms with van der Waals surface area (Å²) in [6.07, 6.45) is 22.0. The SMILES string of the molecule is CCCCC(CCC)(CCCC)O[SiH2]CCC[SiH2]OC(CCC)(CCCC)CCCC.